The van der Waals surface area contributed by atoms with E-state index in [0.29, 0.717) is 16.6 Å². The van der Waals surface area contributed by atoms with Gasteiger partial charge in [0, 0.05) is 16.5 Å². The van der Waals surface area contributed by atoms with Crippen molar-refractivity contribution in [2.45, 2.75) is 12.8 Å². The number of para-hydroxylation sites is 1. The number of fused-ring (bicyclic) bond motifs is 1. The Bertz CT molecular complexity index is 1280. The summed E-state index contributed by atoms with van der Waals surface area (Å²) in [5.41, 5.74) is 8.15. The van der Waals surface area contributed by atoms with Crippen LogP contribution in [-0.4, -0.2) is 17.6 Å². The molecule has 0 radical (unpaired) electrons. The summed E-state index contributed by atoms with van der Waals surface area (Å²) in [6.07, 6.45) is 0. The third-order valence-electron chi connectivity index (χ3n) is 4.97. The van der Waals surface area contributed by atoms with Gasteiger partial charge in [-0.15, -0.1) is 0 Å². The van der Waals surface area contributed by atoms with Crippen LogP contribution in [0.2, 0.25) is 5.15 Å². The van der Waals surface area contributed by atoms with E-state index in [0.717, 1.165) is 5.39 Å². The van der Waals surface area contributed by atoms with Crippen molar-refractivity contribution in [3.8, 4) is 6.07 Å². The Hall–Kier alpha value is -3.82. The topological polar surface area (TPSA) is 98.2 Å². The number of pyridine rings is 1. The maximum Gasteiger partial charge on any atom is 0.338 e. The number of esters is 1. The Morgan fingerprint density at radius 2 is 1.94 bits per heavy atom. The van der Waals surface area contributed by atoms with Crippen molar-refractivity contribution < 1.29 is 14.3 Å². The lowest BCUT2D eigenvalue weighted by Gasteiger charge is -2.28. The van der Waals surface area contributed by atoms with Gasteiger partial charge in [-0.05, 0) is 19.1 Å². The highest BCUT2D eigenvalue weighted by Crippen LogP contribution is 2.45. The van der Waals surface area contributed by atoms with Gasteiger partial charge in [0.1, 0.15) is 22.6 Å². The van der Waals surface area contributed by atoms with Gasteiger partial charge in [-0.25, -0.2) is 9.78 Å². The zero-order chi connectivity index (χ0) is 22.0. The van der Waals surface area contributed by atoms with Crippen LogP contribution in [-0.2, 0) is 14.3 Å². The Labute approximate surface area is 184 Å². The maximum atomic E-state index is 13.1. The van der Waals surface area contributed by atoms with E-state index >= 15 is 0 Å². The highest BCUT2D eigenvalue weighted by Gasteiger charge is 2.39. The predicted octanol–water partition coefficient (Wildman–Crippen LogP) is 4.67. The van der Waals surface area contributed by atoms with Gasteiger partial charge in [0.25, 0.3) is 0 Å². The second-order valence-electron chi connectivity index (χ2n) is 6.82. The van der Waals surface area contributed by atoms with Crippen molar-refractivity contribution in [2.24, 2.45) is 5.73 Å². The van der Waals surface area contributed by atoms with Crippen molar-refractivity contribution >= 4 is 34.2 Å². The molecule has 0 bridgehead atoms. The molecule has 1 aliphatic heterocycles. The van der Waals surface area contributed by atoms with Crippen molar-refractivity contribution in [1.82, 2.24) is 4.98 Å². The van der Waals surface area contributed by atoms with Gasteiger partial charge in [-0.2, -0.15) is 5.26 Å². The average molecular weight is 432 g/mol. The summed E-state index contributed by atoms with van der Waals surface area (Å²) < 4.78 is 11.1. The van der Waals surface area contributed by atoms with E-state index in [1.54, 1.807) is 19.1 Å². The van der Waals surface area contributed by atoms with Gasteiger partial charge < -0.3 is 15.2 Å². The third kappa shape index (κ3) is 3.72. The van der Waals surface area contributed by atoms with E-state index < -0.39 is 11.9 Å². The first-order valence-electron chi connectivity index (χ1n) is 9.64. The van der Waals surface area contributed by atoms with E-state index in [1.165, 1.54) is 0 Å². The molecule has 0 saturated carbocycles. The van der Waals surface area contributed by atoms with E-state index in [4.69, 9.17) is 26.8 Å². The number of benzene rings is 2. The Kier molecular flexibility index (Phi) is 5.61. The number of nitrogens with two attached hydrogens (primary N) is 1. The molecule has 1 aromatic heterocycles. The van der Waals surface area contributed by atoms with Crippen LogP contribution in [0.25, 0.3) is 16.7 Å². The van der Waals surface area contributed by atoms with Crippen LogP contribution >= 0.6 is 11.6 Å². The lowest BCUT2D eigenvalue weighted by atomic mass is 9.82. The summed E-state index contributed by atoms with van der Waals surface area (Å²) in [6, 6.07) is 20.4. The minimum absolute atomic E-state index is 0.0710. The first-order chi connectivity index (χ1) is 15.0. The molecule has 0 saturated heterocycles. The van der Waals surface area contributed by atoms with Crippen LogP contribution in [0.3, 0.4) is 0 Å². The SMILES string of the molecule is CCOC(=O)C1=C(c2ccccc2)OC(N)=C(C#N)[C@@H]1c1cc2ccccc2nc1Cl. The summed E-state index contributed by atoms with van der Waals surface area (Å²) >= 11 is 6.55. The standard InChI is InChI=1S/C24H18ClN3O3/c1-2-30-24(29)20-19(16-12-15-10-6-7-11-18(15)28-22(16)25)17(13-26)23(27)31-21(20)14-8-4-3-5-9-14/h3-12,19H,2,27H2,1H3/t19-/m0/s1. The van der Waals surface area contributed by atoms with Crippen molar-refractivity contribution in [3.05, 3.63) is 94.0 Å². The number of carbonyl (C=O) groups is 1. The minimum atomic E-state index is -0.891. The lowest BCUT2D eigenvalue weighted by Crippen LogP contribution is -2.26. The van der Waals surface area contributed by atoms with Crippen LogP contribution < -0.4 is 5.73 Å². The molecular formula is C24H18ClN3O3. The second-order valence-corrected chi connectivity index (χ2v) is 7.17. The van der Waals surface area contributed by atoms with Gasteiger partial charge in [-0.1, -0.05) is 60.1 Å². The molecule has 1 atom stereocenters. The first kappa shape index (κ1) is 20.5. The van der Waals surface area contributed by atoms with Crippen LogP contribution in [0.1, 0.15) is 24.0 Å². The number of hydrogen-bond donors (Lipinski definition) is 1. The fraction of sp³-hybridized carbons (Fsp3) is 0.125. The molecular weight excluding hydrogens is 414 g/mol. The predicted molar refractivity (Wildman–Crippen MR) is 117 cm³/mol. The van der Waals surface area contributed by atoms with Crippen molar-refractivity contribution in [2.75, 3.05) is 6.61 Å². The quantitative estimate of drug-likeness (QED) is 0.476. The molecule has 0 amide bonds. The summed E-state index contributed by atoms with van der Waals surface area (Å²) in [6.45, 7) is 1.86. The molecule has 0 fully saturated rings. The second kappa shape index (κ2) is 8.50. The monoisotopic (exact) mass is 431 g/mol. The molecule has 2 aromatic carbocycles. The lowest BCUT2D eigenvalue weighted by molar-refractivity contribution is -0.138. The van der Waals surface area contributed by atoms with E-state index in [-0.39, 0.29) is 34.5 Å². The number of halogens is 1. The van der Waals surface area contributed by atoms with Crippen LogP contribution in [0.5, 0.6) is 0 Å². The number of rotatable bonds is 4. The van der Waals surface area contributed by atoms with Gasteiger partial charge in [0.05, 0.1) is 23.6 Å². The molecule has 0 spiro atoms. The Morgan fingerprint density at radius 1 is 1.23 bits per heavy atom. The molecule has 2 heterocycles. The summed E-state index contributed by atoms with van der Waals surface area (Å²) in [5, 5.41) is 10.9. The summed E-state index contributed by atoms with van der Waals surface area (Å²) in [5.74, 6) is -1.37. The van der Waals surface area contributed by atoms with Gasteiger partial charge in [-0.3, -0.25) is 0 Å². The number of aromatic nitrogens is 1. The first-order valence-corrected chi connectivity index (χ1v) is 10.0. The van der Waals surface area contributed by atoms with E-state index in [1.807, 2.05) is 48.5 Å². The Balaban J connectivity index is 2.03. The molecule has 1 aliphatic rings. The van der Waals surface area contributed by atoms with Crippen LogP contribution in [0.15, 0.2) is 77.7 Å². The fourth-order valence-corrected chi connectivity index (χ4v) is 3.86. The fourth-order valence-electron chi connectivity index (χ4n) is 3.60. The number of hydrogen-bond acceptors (Lipinski definition) is 6. The molecule has 7 heteroatoms. The van der Waals surface area contributed by atoms with Gasteiger partial charge in [0.2, 0.25) is 5.88 Å². The average Bonchev–Trinajstić information content (AvgIpc) is 2.78. The number of nitrogens with zero attached hydrogens (tertiary/aromatic N) is 2. The van der Waals surface area contributed by atoms with Crippen LogP contribution in [0.4, 0.5) is 0 Å². The number of allylic oxidation sites excluding steroid dienone is 1. The molecule has 2 N–H and O–H groups in total. The largest absolute Gasteiger partial charge is 0.463 e. The normalized spacial score (nSPS) is 16.1. The molecule has 154 valence electrons. The maximum absolute atomic E-state index is 13.1. The molecule has 6 nitrogen and oxygen atoms in total. The minimum Gasteiger partial charge on any atom is -0.463 e. The zero-order valence-electron chi connectivity index (χ0n) is 16.6. The van der Waals surface area contributed by atoms with Gasteiger partial charge >= 0.3 is 5.97 Å². The summed E-state index contributed by atoms with van der Waals surface area (Å²) in [4.78, 5) is 17.6. The van der Waals surface area contributed by atoms with Crippen LogP contribution in [0, 0.1) is 11.3 Å². The number of ether oxygens (including phenoxy) is 2. The number of carbonyl (C=O) groups excluding carboxylic acids is 1. The van der Waals surface area contributed by atoms with Crippen molar-refractivity contribution in [3.63, 3.8) is 0 Å². The molecule has 3 aromatic rings. The summed E-state index contributed by atoms with van der Waals surface area (Å²) in [7, 11) is 0. The molecule has 4 rings (SSSR count). The third-order valence-corrected chi connectivity index (χ3v) is 5.27. The van der Waals surface area contributed by atoms with E-state index in [2.05, 4.69) is 11.1 Å². The smallest absolute Gasteiger partial charge is 0.338 e. The van der Waals surface area contributed by atoms with Crippen molar-refractivity contribution in [1.29, 1.82) is 5.26 Å². The zero-order valence-corrected chi connectivity index (χ0v) is 17.4. The molecule has 0 unspecified atom stereocenters. The Morgan fingerprint density at radius 3 is 2.65 bits per heavy atom. The number of nitriles is 1. The molecule has 0 aliphatic carbocycles. The highest BCUT2D eigenvalue weighted by molar-refractivity contribution is 6.31. The van der Waals surface area contributed by atoms with E-state index in [9.17, 15) is 10.1 Å². The molecule has 31 heavy (non-hydrogen) atoms. The highest BCUT2D eigenvalue weighted by atomic mass is 35.5. The van der Waals surface area contributed by atoms with Gasteiger partial charge in [0.15, 0.2) is 0 Å².